The van der Waals surface area contributed by atoms with Crippen molar-refractivity contribution in [3.8, 4) is 0 Å². The summed E-state index contributed by atoms with van der Waals surface area (Å²) in [5, 5.41) is 0. The van der Waals surface area contributed by atoms with Crippen molar-refractivity contribution in [2.24, 2.45) is 5.92 Å². The van der Waals surface area contributed by atoms with E-state index in [4.69, 9.17) is 0 Å². The first-order valence-corrected chi connectivity index (χ1v) is 8.16. The number of ketones is 1. The van der Waals surface area contributed by atoms with Crippen molar-refractivity contribution in [3.63, 3.8) is 0 Å². The second-order valence-electron chi connectivity index (χ2n) is 5.48. The minimum atomic E-state index is 0.0752. The molecule has 0 bridgehead atoms. The van der Waals surface area contributed by atoms with Gasteiger partial charge in [-0.25, -0.2) is 0 Å². The molecule has 2 rings (SSSR count). The highest BCUT2D eigenvalue weighted by atomic mass is 16.1. The van der Waals surface area contributed by atoms with Gasteiger partial charge in [-0.3, -0.25) is 4.79 Å². The number of hydrogen-bond donors (Lipinski definition) is 0. The monoisotopic (exact) mass is 295 g/mol. The predicted molar refractivity (Wildman–Crippen MR) is 95.0 cm³/mol. The van der Waals surface area contributed by atoms with Gasteiger partial charge in [0.05, 0.1) is 0 Å². The fourth-order valence-electron chi connectivity index (χ4n) is 2.04. The summed E-state index contributed by atoms with van der Waals surface area (Å²) in [5.74, 6) is 0.779. The second kappa shape index (κ2) is 10.8. The largest absolute Gasteiger partial charge is 0.289 e. The zero-order chi connectivity index (χ0) is 16.2. The smallest absolute Gasteiger partial charge is 0.193 e. The van der Waals surface area contributed by atoms with Gasteiger partial charge in [-0.2, -0.15) is 0 Å². The molecule has 0 amide bonds. The highest BCUT2D eigenvalue weighted by Gasteiger charge is 2.06. The van der Waals surface area contributed by atoms with E-state index in [0.717, 1.165) is 11.1 Å². The molecule has 0 aliphatic carbocycles. The lowest BCUT2D eigenvalue weighted by atomic mass is 10.0. The molecule has 0 heterocycles. The molecule has 1 radical (unpaired) electrons. The molecule has 0 N–H and O–H groups in total. The molecular formula is C21H27O. The highest BCUT2D eigenvalue weighted by molar-refractivity contribution is 6.08. The molecule has 0 aromatic heterocycles. The maximum Gasteiger partial charge on any atom is 0.193 e. The van der Waals surface area contributed by atoms with Gasteiger partial charge in [-0.1, -0.05) is 107 Å². The van der Waals surface area contributed by atoms with Crippen molar-refractivity contribution >= 4 is 5.78 Å². The summed E-state index contributed by atoms with van der Waals surface area (Å²) in [7, 11) is 0. The molecule has 2 aromatic carbocycles. The van der Waals surface area contributed by atoms with E-state index in [1.807, 2.05) is 60.7 Å². The standard InChI is InChI=1S/C13H10O.C8H17/c14-13(11-7-3-1-4-8-11)12-9-5-2-6-10-12;1-4-6-7-8(3)5-2/h1-10H;8H,3-7H2,1-2H3. The van der Waals surface area contributed by atoms with E-state index < -0.39 is 0 Å². The Bertz CT molecular complexity index is 475. The van der Waals surface area contributed by atoms with Gasteiger partial charge in [0.2, 0.25) is 0 Å². The summed E-state index contributed by atoms with van der Waals surface area (Å²) in [6.45, 7) is 8.42. The van der Waals surface area contributed by atoms with E-state index in [-0.39, 0.29) is 5.78 Å². The highest BCUT2D eigenvalue weighted by Crippen LogP contribution is 2.09. The van der Waals surface area contributed by atoms with Crippen LogP contribution in [0, 0.1) is 12.8 Å². The Morgan fingerprint density at radius 2 is 1.36 bits per heavy atom. The summed E-state index contributed by atoms with van der Waals surface area (Å²) in [5.41, 5.74) is 1.47. The Kier molecular flexibility index (Phi) is 8.90. The fraction of sp³-hybridized carbons (Fsp3) is 0.333. The topological polar surface area (TPSA) is 17.1 Å². The van der Waals surface area contributed by atoms with Gasteiger partial charge in [-0.15, -0.1) is 0 Å². The average Bonchev–Trinajstić information content (AvgIpc) is 2.61. The van der Waals surface area contributed by atoms with E-state index in [1.165, 1.54) is 25.7 Å². The van der Waals surface area contributed by atoms with Crippen LogP contribution in [0.3, 0.4) is 0 Å². The molecule has 0 aliphatic rings. The van der Waals surface area contributed by atoms with E-state index in [1.54, 1.807) is 0 Å². The van der Waals surface area contributed by atoms with E-state index in [9.17, 15) is 4.79 Å². The molecule has 117 valence electrons. The van der Waals surface area contributed by atoms with Crippen molar-refractivity contribution in [3.05, 3.63) is 78.7 Å². The maximum atomic E-state index is 11.8. The predicted octanol–water partition coefficient (Wildman–Crippen LogP) is 5.95. The maximum absolute atomic E-state index is 11.8. The summed E-state index contributed by atoms with van der Waals surface area (Å²) < 4.78 is 0. The first-order chi connectivity index (χ1) is 10.7. The molecule has 1 unspecified atom stereocenters. The van der Waals surface area contributed by atoms with Crippen LogP contribution in [0.5, 0.6) is 0 Å². The molecule has 0 fully saturated rings. The third-order valence-electron chi connectivity index (χ3n) is 3.62. The Morgan fingerprint density at radius 1 is 0.909 bits per heavy atom. The molecule has 0 saturated heterocycles. The summed E-state index contributed by atoms with van der Waals surface area (Å²) in [4.78, 5) is 11.8. The Labute approximate surface area is 135 Å². The number of unbranched alkanes of at least 4 members (excludes halogenated alkanes) is 1. The van der Waals surface area contributed by atoms with Crippen LogP contribution in [0.4, 0.5) is 0 Å². The molecule has 2 aromatic rings. The lowest BCUT2D eigenvalue weighted by Gasteiger charge is -2.04. The number of carbonyl (C=O) groups is 1. The summed E-state index contributed by atoms with van der Waals surface area (Å²) >= 11 is 0. The van der Waals surface area contributed by atoms with Crippen LogP contribution in [0.2, 0.25) is 0 Å². The lowest BCUT2D eigenvalue weighted by molar-refractivity contribution is 0.103. The molecule has 1 nitrogen and oxygen atoms in total. The molecule has 0 saturated carbocycles. The first kappa shape index (κ1) is 18.2. The van der Waals surface area contributed by atoms with Crippen molar-refractivity contribution in [1.29, 1.82) is 0 Å². The Morgan fingerprint density at radius 3 is 1.73 bits per heavy atom. The third-order valence-corrected chi connectivity index (χ3v) is 3.62. The van der Waals surface area contributed by atoms with E-state index in [2.05, 4.69) is 20.8 Å². The van der Waals surface area contributed by atoms with Gasteiger partial charge in [0, 0.05) is 11.1 Å². The quantitative estimate of drug-likeness (QED) is 0.601. The van der Waals surface area contributed by atoms with Gasteiger partial charge < -0.3 is 0 Å². The Balaban J connectivity index is 0.000000261. The minimum absolute atomic E-state index is 0.0752. The SMILES string of the molecule is O=C(c1ccccc1)c1ccccc1.[CH2]C(CC)CCCC. The van der Waals surface area contributed by atoms with Crippen molar-refractivity contribution < 1.29 is 4.79 Å². The van der Waals surface area contributed by atoms with Gasteiger partial charge in [-0.05, 0) is 5.92 Å². The number of rotatable bonds is 6. The molecule has 1 atom stereocenters. The van der Waals surface area contributed by atoms with Crippen molar-refractivity contribution in [2.45, 2.75) is 39.5 Å². The summed E-state index contributed by atoms with van der Waals surface area (Å²) in [6, 6.07) is 18.6. The number of hydrogen-bond acceptors (Lipinski definition) is 1. The molecule has 1 heteroatoms. The average molecular weight is 295 g/mol. The molecule has 0 spiro atoms. The minimum Gasteiger partial charge on any atom is -0.289 e. The zero-order valence-corrected chi connectivity index (χ0v) is 13.8. The number of carbonyl (C=O) groups excluding carboxylic acids is 1. The first-order valence-electron chi connectivity index (χ1n) is 8.16. The van der Waals surface area contributed by atoms with Crippen molar-refractivity contribution in [1.82, 2.24) is 0 Å². The molecule has 0 aliphatic heterocycles. The van der Waals surface area contributed by atoms with Crippen LogP contribution in [0.25, 0.3) is 0 Å². The van der Waals surface area contributed by atoms with Crippen LogP contribution in [0.15, 0.2) is 60.7 Å². The lowest BCUT2D eigenvalue weighted by Crippen LogP contribution is -1.99. The van der Waals surface area contributed by atoms with Crippen LogP contribution in [0.1, 0.15) is 55.5 Å². The van der Waals surface area contributed by atoms with Gasteiger partial charge in [0.15, 0.2) is 5.78 Å². The van der Waals surface area contributed by atoms with Crippen LogP contribution >= 0.6 is 0 Å². The van der Waals surface area contributed by atoms with Crippen LogP contribution < -0.4 is 0 Å². The molecule has 22 heavy (non-hydrogen) atoms. The fourth-order valence-corrected chi connectivity index (χ4v) is 2.04. The van der Waals surface area contributed by atoms with E-state index in [0.29, 0.717) is 5.92 Å². The van der Waals surface area contributed by atoms with Crippen molar-refractivity contribution in [2.75, 3.05) is 0 Å². The number of benzene rings is 2. The van der Waals surface area contributed by atoms with E-state index >= 15 is 0 Å². The Hall–Kier alpha value is -1.89. The van der Waals surface area contributed by atoms with Crippen LogP contribution in [-0.2, 0) is 0 Å². The normalized spacial score (nSPS) is 11.2. The molecular weight excluding hydrogens is 268 g/mol. The third kappa shape index (κ3) is 6.71. The second-order valence-corrected chi connectivity index (χ2v) is 5.48. The van der Waals surface area contributed by atoms with Crippen LogP contribution in [-0.4, -0.2) is 5.78 Å². The van der Waals surface area contributed by atoms with Gasteiger partial charge >= 0.3 is 0 Å². The van der Waals surface area contributed by atoms with Gasteiger partial charge in [0.1, 0.15) is 0 Å². The van der Waals surface area contributed by atoms with Gasteiger partial charge in [0.25, 0.3) is 0 Å². The summed E-state index contributed by atoms with van der Waals surface area (Å²) in [6.07, 6.45) is 5.21. The zero-order valence-electron chi connectivity index (χ0n) is 13.8.